The molecule has 1 aromatic heterocycles. The van der Waals surface area contributed by atoms with Gasteiger partial charge < -0.3 is 14.4 Å². The van der Waals surface area contributed by atoms with Crippen molar-refractivity contribution in [2.45, 2.75) is 33.1 Å². The van der Waals surface area contributed by atoms with Crippen LogP contribution in [0.4, 0.5) is 4.39 Å². The zero-order valence-electron chi connectivity index (χ0n) is 15.4. The van der Waals surface area contributed by atoms with E-state index in [0.29, 0.717) is 30.2 Å². The van der Waals surface area contributed by atoms with E-state index in [9.17, 15) is 19.1 Å². The highest BCUT2D eigenvalue weighted by Crippen LogP contribution is 2.38. The van der Waals surface area contributed by atoms with Crippen LogP contribution >= 0.6 is 0 Å². The van der Waals surface area contributed by atoms with Gasteiger partial charge in [-0.25, -0.2) is 9.37 Å². The van der Waals surface area contributed by atoms with Crippen molar-refractivity contribution in [2.75, 3.05) is 13.1 Å². The van der Waals surface area contributed by atoms with Crippen LogP contribution in [0.25, 0.3) is 11.3 Å². The summed E-state index contributed by atoms with van der Waals surface area (Å²) in [6, 6.07) is 6.25. The molecule has 27 heavy (non-hydrogen) atoms. The largest absolute Gasteiger partial charge is 0.481 e. The van der Waals surface area contributed by atoms with Crippen LogP contribution in [0.1, 0.15) is 32.6 Å². The Kier molecular flexibility index (Phi) is 5.30. The second-order valence-electron chi connectivity index (χ2n) is 7.28. The van der Waals surface area contributed by atoms with Gasteiger partial charge in [0.05, 0.1) is 17.2 Å². The average Bonchev–Trinajstić information content (AvgIpc) is 3.28. The van der Waals surface area contributed by atoms with Crippen LogP contribution in [0.2, 0.25) is 0 Å². The Balaban J connectivity index is 1.61. The van der Waals surface area contributed by atoms with Crippen molar-refractivity contribution in [3.8, 4) is 11.3 Å². The minimum Gasteiger partial charge on any atom is -0.481 e. The highest BCUT2D eigenvalue weighted by molar-refractivity contribution is 5.81. The first kappa shape index (κ1) is 19.1. The fourth-order valence-corrected chi connectivity index (χ4v) is 3.52. The topological polar surface area (TPSA) is 83.6 Å². The smallest absolute Gasteiger partial charge is 0.311 e. The number of halogens is 1. The molecule has 0 bridgehead atoms. The lowest BCUT2D eigenvalue weighted by atomic mass is 9.76. The second kappa shape index (κ2) is 7.50. The predicted octanol–water partition coefficient (Wildman–Crippen LogP) is 3.37. The summed E-state index contributed by atoms with van der Waals surface area (Å²) < 4.78 is 19.4. The number of oxazole rings is 1. The number of benzene rings is 1. The SMILES string of the molecule is CC(C)C1(C(=O)O)CCN(C(=O)CCc2ncc(-c3ccccc3F)o2)C1. The molecule has 0 radical (unpaired) electrons. The zero-order chi connectivity index (χ0) is 19.6. The predicted molar refractivity (Wildman–Crippen MR) is 96.3 cm³/mol. The molecule has 7 heteroatoms. The van der Waals surface area contributed by atoms with E-state index in [-0.39, 0.29) is 31.2 Å². The molecule has 0 spiro atoms. The van der Waals surface area contributed by atoms with Crippen LogP contribution in [0.15, 0.2) is 34.9 Å². The van der Waals surface area contributed by atoms with Crippen LogP contribution in [0, 0.1) is 17.2 Å². The van der Waals surface area contributed by atoms with E-state index < -0.39 is 17.2 Å². The van der Waals surface area contributed by atoms with Gasteiger partial charge in [-0.2, -0.15) is 0 Å². The van der Waals surface area contributed by atoms with Crippen molar-refractivity contribution in [3.63, 3.8) is 0 Å². The Labute approximate surface area is 157 Å². The van der Waals surface area contributed by atoms with Crippen molar-refractivity contribution < 1.29 is 23.5 Å². The first-order valence-electron chi connectivity index (χ1n) is 9.04. The van der Waals surface area contributed by atoms with Crippen LogP contribution in [-0.2, 0) is 16.0 Å². The van der Waals surface area contributed by atoms with Gasteiger partial charge in [-0.3, -0.25) is 9.59 Å². The third kappa shape index (κ3) is 3.72. The van der Waals surface area contributed by atoms with Gasteiger partial charge in [0.25, 0.3) is 0 Å². The van der Waals surface area contributed by atoms with Gasteiger partial charge in [0.1, 0.15) is 5.82 Å². The molecule has 144 valence electrons. The number of carbonyl (C=O) groups is 2. The van der Waals surface area contributed by atoms with Gasteiger partial charge in [0.2, 0.25) is 5.91 Å². The Morgan fingerprint density at radius 3 is 2.74 bits per heavy atom. The molecule has 6 nitrogen and oxygen atoms in total. The number of rotatable bonds is 6. The molecule has 3 rings (SSSR count). The first-order valence-corrected chi connectivity index (χ1v) is 9.04. The summed E-state index contributed by atoms with van der Waals surface area (Å²) in [5, 5.41) is 9.58. The lowest BCUT2D eigenvalue weighted by Gasteiger charge is -2.28. The van der Waals surface area contributed by atoms with Crippen LogP contribution in [0.5, 0.6) is 0 Å². The minimum atomic E-state index is -0.878. The van der Waals surface area contributed by atoms with Crippen molar-refractivity contribution >= 4 is 11.9 Å². The van der Waals surface area contributed by atoms with Gasteiger partial charge in [0, 0.05) is 25.9 Å². The maximum absolute atomic E-state index is 13.8. The molecule has 1 fully saturated rings. The quantitative estimate of drug-likeness (QED) is 0.838. The number of carbonyl (C=O) groups excluding carboxylic acids is 1. The molecule has 1 aliphatic rings. The molecule has 1 N–H and O–H groups in total. The minimum absolute atomic E-state index is 0.0529. The van der Waals surface area contributed by atoms with Gasteiger partial charge >= 0.3 is 5.97 Å². The highest BCUT2D eigenvalue weighted by Gasteiger charge is 2.48. The lowest BCUT2D eigenvalue weighted by Crippen LogP contribution is -2.40. The van der Waals surface area contributed by atoms with E-state index in [0.717, 1.165) is 0 Å². The molecule has 1 aliphatic heterocycles. The van der Waals surface area contributed by atoms with Gasteiger partial charge in [0.15, 0.2) is 11.7 Å². The fraction of sp³-hybridized carbons (Fsp3) is 0.450. The Morgan fingerprint density at radius 2 is 2.11 bits per heavy atom. The number of amides is 1. The van der Waals surface area contributed by atoms with E-state index in [1.165, 1.54) is 12.3 Å². The maximum atomic E-state index is 13.8. The number of carboxylic acid groups (broad SMARTS) is 1. The number of aromatic nitrogens is 1. The summed E-state index contributed by atoms with van der Waals surface area (Å²) in [4.78, 5) is 29.9. The van der Waals surface area contributed by atoms with Gasteiger partial charge in [-0.1, -0.05) is 26.0 Å². The molecule has 0 aliphatic carbocycles. The third-order valence-corrected chi connectivity index (χ3v) is 5.43. The summed E-state index contributed by atoms with van der Waals surface area (Å²) in [5.41, 5.74) is -0.554. The summed E-state index contributed by atoms with van der Waals surface area (Å²) in [7, 11) is 0. The molecule has 1 unspecified atom stereocenters. The van der Waals surface area contributed by atoms with E-state index >= 15 is 0 Å². The first-order chi connectivity index (χ1) is 12.8. The highest BCUT2D eigenvalue weighted by atomic mass is 19.1. The maximum Gasteiger partial charge on any atom is 0.311 e. The van der Waals surface area contributed by atoms with E-state index in [2.05, 4.69) is 4.98 Å². The van der Waals surface area contributed by atoms with E-state index in [1.807, 2.05) is 13.8 Å². The summed E-state index contributed by atoms with van der Waals surface area (Å²) in [6.45, 7) is 4.42. The Morgan fingerprint density at radius 1 is 1.37 bits per heavy atom. The standard InChI is InChI=1S/C20H23FN2O4/c1-13(2)20(19(25)26)9-10-23(12-20)18(24)8-7-17-22-11-16(27-17)14-5-3-4-6-15(14)21/h3-6,11,13H,7-10,12H2,1-2H3,(H,25,26). The summed E-state index contributed by atoms with van der Waals surface area (Å²) in [6.07, 6.45) is 2.36. The molecule has 2 aromatic rings. The number of carboxylic acids is 1. The van der Waals surface area contributed by atoms with Gasteiger partial charge in [-0.05, 0) is 24.5 Å². The number of aliphatic carboxylic acids is 1. The summed E-state index contributed by atoms with van der Waals surface area (Å²) >= 11 is 0. The van der Waals surface area contributed by atoms with E-state index in [1.54, 1.807) is 23.1 Å². The normalized spacial score (nSPS) is 19.6. The number of hydrogen-bond acceptors (Lipinski definition) is 4. The second-order valence-corrected chi connectivity index (χ2v) is 7.28. The number of hydrogen-bond donors (Lipinski definition) is 1. The monoisotopic (exact) mass is 374 g/mol. The van der Waals surface area contributed by atoms with Gasteiger partial charge in [-0.15, -0.1) is 0 Å². The lowest BCUT2D eigenvalue weighted by molar-refractivity contribution is -0.151. The van der Waals surface area contributed by atoms with Crippen LogP contribution in [-0.4, -0.2) is 40.0 Å². The van der Waals surface area contributed by atoms with Crippen LogP contribution in [0.3, 0.4) is 0 Å². The fourth-order valence-electron chi connectivity index (χ4n) is 3.52. The number of likely N-dealkylation sites (tertiary alicyclic amines) is 1. The summed E-state index contributed by atoms with van der Waals surface area (Å²) in [5.74, 6) is -0.745. The van der Waals surface area contributed by atoms with Crippen molar-refractivity contribution in [3.05, 3.63) is 42.2 Å². The zero-order valence-corrected chi connectivity index (χ0v) is 15.4. The molecule has 2 heterocycles. The van der Waals surface area contributed by atoms with Crippen LogP contribution < -0.4 is 0 Å². The van der Waals surface area contributed by atoms with Crippen molar-refractivity contribution in [1.82, 2.24) is 9.88 Å². The molecule has 1 aromatic carbocycles. The van der Waals surface area contributed by atoms with Crippen molar-refractivity contribution in [1.29, 1.82) is 0 Å². The number of aryl methyl sites for hydroxylation is 1. The molecule has 1 saturated heterocycles. The number of nitrogens with zero attached hydrogens (tertiary/aromatic N) is 2. The van der Waals surface area contributed by atoms with E-state index in [4.69, 9.17) is 4.42 Å². The molecule has 1 atom stereocenters. The molecular formula is C20H23FN2O4. The molecule has 0 saturated carbocycles. The molecular weight excluding hydrogens is 351 g/mol. The average molecular weight is 374 g/mol. The Hall–Kier alpha value is -2.70. The Bertz CT molecular complexity index is 848. The third-order valence-electron chi connectivity index (χ3n) is 5.43. The van der Waals surface area contributed by atoms with Crippen molar-refractivity contribution in [2.24, 2.45) is 11.3 Å². The molecule has 1 amide bonds.